The number of hydrogen-bond acceptors (Lipinski definition) is 3. The monoisotopic (exact) mass is 376 g/mol. The first-order valence-electron chi connectivity index (χ1n) is 8.54. The Labute approximate surface area is 152 Å². The van der Waals surface area contributed by atoms with Gasteiger partial charge in [-0.3, -0.25) is 4.79 Å². The normalized spacial score (nSPS) is 15.2. The maximum absolute atomic E-state index is 13.5. The Balaban J connectivity index is 1.78. The highest BCUT2D eigenvalue weighted by atomic mass is 32.2. The van der Waals surface area contributed by atoms with Crippen molar-refractivity contribution < 1.29 is 17.6 Å². The molecule has 7 heteroatoms. The molecular weight excluding hydrogens is 355 g/mol. The van der Waals surface area contributed by atoms with Gasteiger partial charge in [0.2, 0.25) is 10.0 Å². The van der Waals surface area contributed by atoms with E-state index in [9.17, 15) is 17.6 Å². The van der Waals surface area contributed by atoms with Crippen LogP contribution in [0.15, 0.2) is 47.4 Å². The summed E-state index contributed by atoms with van der Waals surface area (Å²) in [6, 6.07) is 10.0. The van der Waals surface area contributed by atoms with Gasteiger partial charge in [0.1, 0.15) is 5.82 Å². The van der Waals surface area contributed by atoms with Crippen molar-refractivity contribution >= 4 is 21.6 Å². The molecule has 3 rings (SSSR count). The van der Waals surface area contributed by atoms with Crippen molar-refractivity contribution in [2.75, 3.05) is 5.32 Å². The Kier molecular flexibility index (Phi) is 5.38. The predicted octanol–water partition coefficient (Wildman–Crippen LogP) is 3.61. The molecule has 0 heterocycles. The first-order chi connectivity index (χ1) is 12.3. The standard InChI is InChI=1S/C19H21FN2O3S/c1-13-9-15(20)12-17(10-13)21-19(23)14-5-4-8-18(11-14)26(24,25)22-16-6-2-3-7-16/h4-5,8-12,16,22H,2-3,6-7H2,1H3,(H,21,23). The van der Waals surface area contributed by atoms with Gasteiger partial charge in [-0.25, -0.2) is 17.5 Å². The minimum absolute atomic E-state index is 0.0484. The van der Waals surface area contributed by atoms with Crippen LogP contribution in [0.4, 0.5) is 10.1 Å². The van der Waals surface area contributed by atoms with Crippen LogP contribution in [0.2, 0.25) is 0 Å². The Bertz CT molecular complexity index is 902. The third-order valence-corrected chi connectivity index (χ3v) is 5.90. The number of carbonyl (C=O) groups excluding carboxylic acids is 1. The van der Waals surface area contributed by atoms with Gasteiger partial charge >= 0.3 is 0 Å². The first-order valence-corrected chi connectivity index (χ1v) is 10.0. The molecule has 2 aromatic carbocycles. The quantitative estimate of drug-likeness (QED) is 0.837. The molecule has 1 aliphatic rings. The van der Waals surface area contributed by atoms with Gasteiger partial charge in [-0.1, -0.05) is 18.9 Å². The number of benzene rings is 2. The van der Waals surface area contributed by atoms with Crippen LogP contribution in [-0.2, 0) is 10.0 Å². The lowest BCUT2D eigenvalue weighted by molar-refractivity contribution is 0.102. The molecule has 1 amide bonds. The van der Waals surface area contributed by atoms with E-state index in [0.717, 1.165) is 25.7 Å². The first kappa shape index (κ1) is 18.5. The number of carbonyl (C=O) groups is 1. The van der Waals surface area contributed by atoms with Crippen LogP contribution in [-0.4, -0.2) is 20.4 Å². The third kappa shape index (κ3) is 4.47. The lowest BCUT2D eigenvalue weighted by Crippen LogP contribution is -2.32. The molecule has 138 valence electrons. The van der Waals surface area contributed by atoms with Crippen molar-refractivity contribution in [3.8, 4) is 0 Å². The lowest BCUT2D eigenvalue weighted by atomic mass is 10.2. The fourth-order valence-electron chi connectivity index (χ4n) is 3.15. The topological polar surface area (TPSA) is 75.3 Å². The largest absolute Gasteiger partial charge is 0.322 e. The summed E-state index contributed by atoms with van der Waals surface area (Å²) in [6.45, 7) is 1.72. The summed E-state index contributed by atoms with van der Waals surface area (Å²) in [5, 5.41) is 2.60. The molecule has 1 aliphatic carbocycles. The average Bonchev–Trinajstić information content (AvgIpc) is 3.06. The molecule has 2 N–H and O–H groups in total. The smallest absolute Gasteiger partial charge is 0.255 e. The van der Waals surface area contributed by atoms with Gasteiger partial charge in [0.15, 0.2) is 0 Å². The fourth-order valence-corrected chi connectivity index (χ4v) is 4.50. The SMILES string of the molecule is Cc1cc(F)cc(NC(=O)c2cccc(S(=O)(=O)NC3CCCC3)c2)c1. The van der Waals surface area contributed by atoms with Gasteiger partial charge in [0.25, 0.3) is 5.91 Å². The van der Waals surface area contributed by atoms with Crippen LogP contribution in [0.1, 0.15) is 41.6 Å². The molecule has 2 aromatic rings. The van der Waals surface area contributed by atoms with Gasteiger partial charge in [0, 0.05) is 17.3 Å². The van der Waals surface area contributed by atoms with Crippen LogP contribution in [0.3, 0.4) is 0 Å². The van der Waals surface area contributed by atoms with E-state index in [1.54, 1.807) is 13.0 Å². The van der Waals surface area contributed by atoms with Crippen molar-refractivity contribution in [3.05, 3.63) is 59.4 Å². The molecule has 0 atom stereocenters. The molecule has 0 radical (unpaired) electrons. The maximum atomic E-state index is 13.5. The Morgan fingerprint density at radius 3 is 2.54 bits per heavy atom. The molecule has 0 saturated heterocycles. The van der Waals surface area contributed by atoms with Gasteiger partial charge in [-0.2, -0.15) is 0 Å². The molecule has 1 fully saturated rings. The van der Waals surface area contributed by atoms with Gasteiger partial charge in [0.05, 0.1) is 4.90 Å². The number of halogens is 1. The van der Waals surface area contributed by atoms with Crippen molar-refractivity contribution in [1.82, 2.24) is 4.72 Å². The molecule has 5 nitrogen and oxygen atoms in total. The number of aryl methyl sites for hydroxylation is 1. The summed E-state index contributed by atoms with van der Waals surface area (Å²) in [6.07, 6.45) is 3.70. The second-order valence-electron chi connectivity index (χ2n) is 6.60. The molecule has 1 saturated carbocycles. The number of anilines is 1. The Morgan fingerprint density at radius 1 is 1.12 bits per heavy atom. The predicted molar refractivity (Wildman–Crippen MR) is 98.1 cm³/mol. The zero-order valence-electron chi connectivity index (χ0n) is 14.5. The summed E-state index contributed by atoms with van der Waals surface area (Å²) in [5.74, 6) is -0.940. The highest BCUT2D eigenvalue weighted by molar-refractivity contribution is 7.89. The summed E-state index contributed by atoms with van der Waals surface area (Å²) < 4.78 is 41.2. The summed E-state index contributed by atoms with van der Waals surface area (Å²) in [5.41, 5.74) is 1.20. The Hall–Kier alpha value is -2.25. The van der Waals surface area contributed by atoms with Crippen LogP contribution in [0.25, 0.3) is 0 Å². The molecule has 0 spiro atoms. The van der Waals surface area contributed by atoms with Gasteiger partial charge < -0.3 is 5.32 Å². The van der Waals surface area contributed by atoms with E-state index in [1.807, 2.05) is 0 Å². The van der Waals surface area contributed by atoms with Crippen LogP contribution in [0, 0.1) is 12.7 Å². The van der Waals surface area contributed by atoms with Crippen LogP contribution >= 0.6 is 0 Å². The van der Waals surface area contributed by atoms with Gasteiger partial charge in [-0.05, 0) is 61.7 Å². The van der Waals surface area contributed by atoms with Crippen LogP contribution < -0.4 is 10.0 Å². The minimum Gasteiger partial charge on any atom is -0.322 e. The lowest BCUT2D eigenvalue weighted by Gasteiger charge is -2.13. The minimum atomic E-state index is -3.68. The van der Waals surface area contributed by atoms with Crippen molar-refractivity contribution in [3.63, 3.8) is 0 Å². The molecule has 26 heavy (non-hydrogen) atoms. The number of hydrogen-bond donors (Lipinski definition) is 2. The number of amides is 1. The van der Waals surface area contributed by atoms with Crippen molar-refractivity contribution in [2.45, 2.75) is 43.5 Å². The van der Waals surface area contributed by atoms with E-state index >= 15 is 0 Å². The van der Waals surface area contributed by atoms with Gasteiger partial charge in [-0.15, -0.1) is 0 Å². The van der Waals surface area contributed by atoms with E-state index in [-0.39, 0.29) is 16.5 Å². The van der Waals surface area contributed by atoms with Crippen LogP contribution in [0.5, 0.6) is 0 Å². The number of sulfonamides is 1. The second kappa shape index (κ2) is 7.55. The molecular formula is C19H21FN2O3S. The molecule has 0 unspecified atom stereocenters. The third-order valence-electron chi connectivity index (χ3n) is 4.38. The zero-order valence-corrected chi connectivity index (χ0v) is 15.3. The van der Waals surface area contributed by atoms with Crippen molar-refractivity contribution in [2.24, 2.45) is 0 Å². The summed E-state index contributed by atoms with van der Waals surface area (Å²) in [4.78, 5) is 12.5. The second-order valence-corrected chi connectivity index (χ2v) is 8.32. The summed E-state index contributed by atoms with van der Waals surface area (Å²) >= 11 is 0. The Morgan fingerprint density at radius 2 is 1.85 bits per heavy atom. The maximum Gasteiger partial charge on any atom is 0.255 e. The van der Waals surface area contributed by atoms with E-state index in [4.69, 9.17) is 0 Å². The molecule has 0 bridgehead atoms. The van der Waals surface area contributed by atoms with E-state index in [2.05, 4.69) is 10.0 Å². The van der Waals surface area contributed by atoms with E-state index in [0.29, 0.717) is 11.3 Å². The highest BCUT2D eigenvalue weighted by Crippen LogP contribution is 2.21. The fraction of sp³-hybridized carbons (Fsp3) is 0.316. The number of rotatable bonds is 5. The molecule has 0 aromatic heterocycles. The highest BCUT2D eigenvalue weighted by Gasteiger charge is 2.23. The number of nitrogens with one attached hydrogen (secondary N) is 2. The molecule has 0 aliphatic heterocycles. The van der Waals surface area contributed by atoms with E-state index < -0.39 is 21.7 Å². The zero-order chi connectivity index (χ0) is 18.7. The average molecular weight is 376 g/mol. The van der Waals surface area contributed by atoms with E-state index in [1.165, 1.54) is 36.4 Å². The summed E-state index contributed by atoms with van der Waals surface area (Å²) in [7, 11) is -3.68. The van der Waals surface area contributed by atoms with Crippen molar-refractivity contribution in [1.29, 1.82) is 0 Å².